The summed E-state index contributed by atoms with van der Waals surface area (Å²) in [5.41, 5.74) is 0.708. The van der Waals surface area contributed by atoms with Crippen LogP contribution in [-0.2, 0) is 13.1 Å². The van der Waals surface area contributed by atoms with E-state index in [2.05, 4.69) is 33.4 Å². The lowest BCUT2D eigenvalue weighted by molar-refractivity contribution is 0.0949. The van der Waals surface area contributed by atoms with Crippen LogP contribution in [0.4, 0.5) is 0 Å². The summed E-state index contributed by atoms with van der Waals surface area (Å²) < 4.78 is 1.20. The van der Waals surface area contributed by atoms with E-state index in [-0.39, 0.29) is 17.0 Å². The molecule has 0 aliphatic carbocycles. The smallest absolute Gasteiger partial charge is 0.261 e. The van der Waals surface area contributed by atoms with Crippen molar-refractivity contribution in [1.82, 2.24) is 15.2 Å². The molecule has 1 aliphatic rings. The Morgan fingerprint density at radius 2 is 1.93 bits per heavy atom. The maximum Gasteiger partial charge on any atom is 0.261 e. The molecule has 2 N–H and O–H groups in total. The van der Waals surface area contributed by atoms with Gasteiger partial charge in [-0.05, 0) is 55.6 Å². The topological polar surface area (TPSA) is 65.2 Å². The van der Waals surface area contributed by atoms with Crippen molar-refractivity contribution < 1.29 is 4.79 Å². The number of benzene rings is 1. The molecule has 1 aliphatic heterocycles. The molecule has 3 aromatic rings. The van der Waals surface area contributed by atoms with Crippen LogP contribution in [0.1, 0.15) is 40.2 Å². The van der Waals surface area contributed by atoms with Crippen LogP contribution in [0, 0.1) is 0 Å². The summed E-state index contributed by atoms with van der Waals surface area (Å²) in [6.45, 7) is 3.30. The van der Waals surface area contributed by atoms with Crippen molar-refractivity contribution in [3.05, 3.63) is 69.0 Å². The van der Waals surface area contributed by atoms with Crippen molar-refractivity contribution in [2.45, 2.75) is 32.4 Å². The van der Waals surface area contributed by atoms with E-state index in [9.17, 15) is 9.59 Å². The number of H-pyrrole nitrogens is 1. The first kappa shape index (κ1) is 17.9. The summed E-state index contributed by atoms with van der Waals surface area (Å²) in [5.74, 6) is -0.335. The summed E-state index contributed by atoms with van der Waals surface area (Å²) in [5, 5.41) is 4.03. The molecule has 1 aromatic carbocycles. The molecular weight excluding hydrogens is 358 g/mol. The Bertz CT molecular complexity index is 969. The van der Waals surface area contributed by atoms with Crippen molar-refractivity contribution in [2.24, 2.45) is 0 Å². The van der Waals surface area contributed by atoms with E-state index in [0.29, 0.717) is 6.54 Å². The number of likely N-dealkylation sites (tertiary alicyclic amines) is 1. The van der Waals surface area contributed by atoms with Crippen LogP contribution < -0.4 is 10.9 Å². The molecule has 0 bridgehead atoms. The van der Waals surface area contributed by atoms with Gasteiger partial charge in [-0.2, -0.15) is 0 Å². The van der Waals surface area contributed by atoms with Gasteiger partial charge in [-0.1, -0.05) is 24.6 Å². The first-order chi connectivity index (χ1) is 13.2. The molecular formula is C21H23N3O2S. The van der Waals surface area contributed by atoms with Crippen molar-refractivity contribution in [1.29, 1.82) is 0 Å². The number of nitrogens with one attached hydrogen (secondary N) is 2. The molecule has 1 fully saturated rings. The molecule has 1 saturated heterocycles. The van der Waals surface area contributed by atoms with Gasteiger partial charge in [0, 0.05) is 21.8 Å². The predicted octanol–water partition coefficient (Wildman–Crippen LogP) is 3.51. The number of amides is 1. The van der Waals surface area contributed by atoms with Crippen LogP contribution in [-0.4, -0.2) is 28.9 Å². The molecule has 0 spiro atoms. The van der Waals surface area contributed by atoms with Crippen molar-refractivity contribution in [3.63, 3.8) is 0 Å². The standard InChI is InChI=1S/C21H23N3O2S/c25-20(22-13-17-12-15-6-2-3-7-19(15)27-17)18-9-8-16(23-21(18)26)14-24-10-4-1-5-11-24/h2-3,6-9,12H,1,4-5,10-11,13-14H2,(H,22,25)(H,23,26). The number of aromatic nitrogens is 1. The summed E-state index contributed by atoms with van der Waals surface area (Å²) in [7, 11) is 0. The SMILES string of the molecule is O=C(NCc1cc2ccccc2s1)c1ccc(CN2CCCCC2)[nH]c1=O. The summed E-state index contributed by atoms with van der Waals surface area (Å²) in [6.07, 6.45) is 3.71. The van der Waals surface area contributed by atoms with E-state index in [1.165, 1.54) is 29.3 Å². The Hall–Kier alpha value is -2.44. The number of thiophene rings is 1. The van der Waals surface area contributed by atoms with E-state index in [1.54, 1.807) is 17.4 Å². The van der Waals surface area contributed by atoms with E-state index >= 15 is 0 Å². The number of pyridine rings is 1. The first-order valence-electron chi connectivity index (χ1n) is 9.39. The second kappa shape index (κ2) is 8.06. The van der Waals surface area contributed by atoms with Crippen molar-refractivity contribution >= 4 is 27.3 Å². The number of hydrogen-bond donors (Lipinski definition) is 2. The first-order valence-corrected chi connectivity index (χ1v) is 10.2. The van der Waals surface area contributed by atoms with Gasteiger partial charge in [-0.3, -0.25) is 14.5 Å². The van der Waals surface area contributed by atoms with E-state index in [0.717, 1.165) is 30.2 Å². The van der Waals surface area contributed by atoms with Crippen LogP contribution in [0.5, 0.6) is 0 Å². The third-order valence-corrected chi connectivity index (χ3v) is 6.07. The number of piperidine rings is 1. The molecule has 0 radical (unpaired) electrons. The number of rotatable bonds is 5. The summed E-state index contributed by atoms with van der Waals surface area (Å²) in [6, 6.07) is 13.7. The molecule has 0 saturated carbocycles. The van der Waals surface area contributed by atoms with Gasteiger partial charge in [0.05, 0.1) is 6.54 Å². The van der Waals surface area contributed by atoms with Crippen LogP contribution in [0.3, 0.4) is 0 Å². The Kier molecular flexibility index (Phi) is 5.36. The summed E-state index contributed by atoms with van der Waals surface area (Å²) >= 11 is 1.65. The largest absolute Gasteiger partial charge is 0.347 e. The molecule has 2 aromatic heterocycles. The average molecular weight is 382 g/mol. The Morgan fingerprint density at radius 1 is 1.11 bits per heavy atom. The highest BCUT2D eigenvalue weighted by molar-refractivity contribution is 7.19. The normalized spacial score (nSPS) is 15.1. The molecule has 27 heavy (non-hydrogen) atoms. The number of carbonyl (C=O) groups excluding carboxylic acids is 1. The molecule has 0 unspecified atom stereocenters. The van der Waals surface area contributed by atoms with Gasteiger partial charge in [0.2, 0.25) is 0 Å². The Morgan fingerprint density at radius 3 is 2.70 bits per heavy atom. The van der Waals surface area contributed by atoms with Crippen molar-refractivity contribution in [3.8, 4) is 0 Å². The summed E-state index contributed by atoms with van der Waals surface area (Å²) in [4.78, 5) is 31.0. The Balaban J connectivity index is 1.39. The van der Waals surface area contributed by atoms with E-state index in [4.69, 9.17) is 0 Å². The molecule has 3 heterocycles. The van der Waals surface area contributed by atoms with Gasteiger partial charge in [0.25, 0.3) is 11.5 Å². The fraction of sp³-hybridized carbons (Fsp3) is 0.333. The van der Waals surface area contributed by atoms with Crippen LogP contribution in [0.2, 0.25) is 0 Å². The molecule has 140 valence electrons. The van der Waals surface area contributed by atoms with Crippen LogP contribution >= 0.6 is 11.3 Å². The molecule has 6 heteroatoms. The lowest BCUT2D eigenvalue weighted by Gasteiger charge is -2.26. The highest BCUT2D eigenvalue weighted by Gasteiger charge is 2.14. The fourth-order valence-electron chi connectivity index (χ4n) is 3.53. The molecule has 0 atom stereocenters. The van der Waals surface area contributed by atoms with E-state index in [1.807, 2.05) is 18.2 Å². The van der Waals surface area contributed by atoms with Gasteiger partial charge in [-0.25, -0.2) is 0 Å². The zero-order valence-electron chi connectivity index (χ0n) is 15.2. The zero-order chi connectivity index (χ0) is 18.6. The number of hydrogen-bond acceptors (Lipinski definition) is 4. The van der Waals surface area contributed by atoms with Gasteiger partial charge in [0.1, 0.15) is 5.56 Å². The quantitative estimate of drug-likeness (QED) is 0.711. The highest BCUT2D eigenvalue weighted by Crippen LogP contribution is 2.25. The van der Waals surface area contributed by atoms with Gasteiger partial charge >= 0.3 is 0 Å². The zero-order valence-corrected chi connectivity index (χ0v) is 16.0. The maximum absolute atomic E-state index is 12.4. The number of fused-ring (bicyclic) bond motifs is 1. The van der Waals surface area contributed by atoms with Gasteiger partial charge in [0.15, 0.2) is 0 Å². The average Bonchev–Trinajstić information content (AvgIpc) is 3.10. The maximum atomic E-state index is 12.4. The minimum Gasteiger partial charge on any atom is -0.347 e. The lowest BCUT2D eigenvalue weighted by atomic mass is 10.1. The third kappa shape index (κ3) is 4.28. The number of nitrogens with zero attached hydrogens (tertiary/aromatic N) is 1. The monoisotopic (exact) mass is 381 g/mol. The predicted molar refractivity (Wildman–Crippen MR) is 109 cm³/mol. The Labute approximate surface area is 162 Å². The second-order valence-electron chi connectivity index (χ2n) is 7.00. The number of aromatic amines is 1. The van der Waals surface area contributed by atoms with Gasteiger partial charge < -0.3 is 10.3 Å². The van der Waals surface area contributed by atoms with Crippen LogP contribution in [0.15, 0.2) is 47.3 Å². The minimum atomic E-state index is -0.335. The van der Waals surface area contributed by atoms with Crippen molar-refractivity contribution in [2.75, 3.05) is 13.1 Å². The van der Waals surface area contributed by atoms with Gasteiger partial charge in [-0.15, -0.1) is 11.3 Å². The molecule has 1 amide bonds. The molecule has 4 rings (SSSR count). The second-order valence-corrected chi connectivity index (χ2v) is 8.16. The van der Waals surface area contributed by atoms with E-state index < -0.39 is 0 Å². The third-order valence-electron chi connectivity index (χ3n) is 4.96. The van der Waals surface area contributed by atoms with Crippen LogP contribution in [0.25, 0.3) is 10.1 Å². The lowest BCUT2D eigenvalue weighted by Crippen LogP contribution is -2.32. The fourth-order valence-corrected chi connectivity index (χ4v) is 4.53. The number of carbonyl (C=O) groups is 1. The molecule has 5 nitrogen and oxygen atoms in total. The minimum absolute atomic E-state index is 0.165. The highest BCUT2D eigenvalue weighted by atomic mass is 32.1.